The van der Waals surface area contributed by atoms with Gasteiger partial charge in [0.05, 0.1) is 23.1 Å². The van der Waals surface area contributed by atoms with Crippen molar-refractivity contribution in [2.75, 3.05) is 0 Å². The van der Waals surface area contributed by atoms with Crippen LogP contribution in [0.3, 0.4) is 0 Å². The van der Waals surface area contributed by atoms with E-state index in [1.54, 1.807) is 29.3 Å². The van der Waals surface area contributed by atoms with Gasteiger partial charge in [-0.25, -0.2) is 9.97 Å². The lowest BCUT2D eigenvalue weighted by Crippen LogP contribution is -1.94. The summed E-state index contributed by atoms with van der Waals surface area (Å²) in [5.74, 6) is 1.53. The van der Waals surface area contributed by atoms with Crippen LogP contribution in [0, 0.1) is 0 Å². The molecule has 0 bridgehead atoms. The van der Waals surface area contributed by atoms with Crippen LogP contribution in [-0.2, 0) is 7.05 Å². The predicted octanol–water partition coefficient (Wildman–Crippen LogP) is 2.86. The molecule has 0 fully saturated rings. The van der Waals surface area contributed by atoms with Crippen molar-refractivity contribution in [2.24, 2.45) is 7.05 Å². The fourth-order valence-electron chi connectivity index (χ4n) is 2.16. The van der Waals surface area contributed by atoms with Crippen molar-refractivity contribution < 1.29 is 8.94 Å². The molecule has 0 radical (unpaired) electrons. The minimum Gasteiger partial charge on any atom is -0.461 e. The maximum Gasteiger partial charge on any atom is 0.240 e. The molecule has 0 aliphatic rings. The molecule has 116 valence electrons. The lowest BCUT2D eigenvalue weighted by Gasteiger charge is -2.05. The van der Waals surface area contributed by atoms with Crippen LogP contribution in [0.2, 0.25) is 0 Å². The topological polar surface area (TPSA) is 95.7 Å². The fourth-order valence-corrected chi connectivity index (χ4v) is 3.07. The third kappa shape index (κ3) is 2.48. The molecule has 0 aliphatic heterocycles. The molecule has 23 heavy (non-hydrogen) atoms. The van der Waals surface area contributed by atoms with E-state index in [4.69, 9.17) is 8.94 Å². The van der Waals surface area contributed by atoms with Crippen molar-refractivity contribution in [1.82, 2.24) is 29.9 Å². The number of aryl methyl sites for hydroxylation is 1. The molecular formula is C14H12N6O2S. The summed E-state index contributed by atoms with van der Waals surface area (Å²) in [5, 5.41) is 9.82. The molecule has 1 unspecified atom stereocenters. The van der Waals surface area contributed by atoms with Crippen molar-refractivity contribution in [3.63, 3.8) is 0 Å². The van der Waals surface area contributed by atoms with Gasteiger partial charge in [0.15, 0.2) is 11.4 Å². The highest BCUT2D eigenvalue weighted by Gasteiger charge is 2.20. The Morgan fingerprint density at radius 3 is 3.04 bits per heavy atom. The maximum absolute atomic E-state index is 5.33. The first-order chi connectivity index (χ1) is 11.2. The standard InChI is InChI=1S/C14H12N6O2S/c1-8(13-18-11(19-22-13)10-4-3-5-21-10)23-14-9-6-17-20(2)12(9)15-7-16-14/h3-8H,1-2H3. The third-order valence-electron chi connectivity index (χ3n) is 3.31. The van der Waals surface area contributed by atoms with Crippen molar-refractivity contribution in [3.05, 3.63) is 36.8 Å². The van der Waals surface area contributed by atoms with Gasteiger partial charge >= 0.3 is 0 Å². The Morgan fingerprint density at radius 2 is 2.22 bits per heavy atom. The molecule has 4 aromatic rings. The number of aromatic nitrogens is 6. The van der Waals surface area contributed by atoms with Crippen LogP contribution in [0.5, 0.6) is 0 Å². The molecule has 4 heterocycles. The first-order valence-corrected chi connectivity index (χ1v) is 7.77. The van der Waals surface area contributed by atoms with Crippen LogP contribution in [0.15, 0.2) is 44.9 Å². The van der Waals surface area contributed by atoms with Crippen LogP contribution in [0.4, 0.5) is 0 Å². The zero-order valence-corrected chi connectivity index (χ0v) is 13.2. The lowest BCUT2D eigenvalue weighted by molar-refractivity contribution is 0.379. The molecule has 0 N–H and O–H groups in total. The van der Waals surface area contributed by atoms with E-state index in [0.29, 0.717) is 17.5 Å². The van der Waals surface area contributed by atoms with Crippen LogP contribution in [0.25, 0.3) is 22.6 Å². The molecule has 1 atom stereocenters. The summed E-state index contributed by atoms with van der Waals surface area (Å²) in [6, 6.07) is 3.57. The molecule has 4 aromatic heterocycles. The molecule has 4 rings (SSSR count). The maximum atomic E-state index is 5.33. The third-order valence-corrected chi connectivity index (χ3v) is 4.42. The SMILES string of the molecule is CC(Sc1ncnc2c1cnn2C)c1nc(-c2ccco2)no1. The van der Waals surface area contributed by atoms with Gasteiger partial charge in [0.2, 0.25) is 11.7 Å². The zero-order chi connectivity index (χ0) is 15.8. The monoisotopic (exact) mass is 328 g/mol. The number of thioether (sulfide) groups is 1. The molecule has 8 nitrogen and oxygen atoms in total. The summed E-state index contributed by atoms with van der Waals surface area (Å²) in [4.78, 5) is 12.9. The normalized spacial score (nSPS) is 12.8. The predicted molar refractivity (Wildman–Crippen MR) is 82.6 cm³/mol. The van der Waals surface area contributed by atoms with E-state index in [-0.39, 0.29) is 5.25 Å². The summed E-state index contributed by atoms with van der Waals surface area (Å²) in [6.45, 7) is 1.98. The van der Waals surface area contributed by atoms with Gasteiger partial charge in [-0.15, -0.1) is 0 Å². The van der Waals surface area contributed by atoms with Gasteiger partial charge < -0.3 is 8.94 Å². The first kappa shape index (κ1) is 13.9. The Hall–Kier alpha value is -2.68. The number of furan rings is 1. The highest BCUT2D eigenvalue weighted by Crippen LogP contribution is 2.36. The van der Waals surface area contributed by atoms with E-state index in [0.717, 1.165) is 16.1 Å². The molecule has 0 aliphatic carbocycles. The van der Waals surface area contributed by atoms with E-state index in [1.165, 1.54) is 18.1 Å². The van der Waals surface area contributed by atoms with Gasteiger partial charge in [-0.05, 0) is 19.1 Å². The van der Waals surface area contributed by atoms with Crippen molar-refractivity contribution >= 4 is 22.8 Å². The quantitative estimate of drug-likeness (QED) is 0.417. The number of hydrogen-bond donors (Lipinski definition) is 0. The minimum atomic E-state index is -0.0653. The average molecular weight is 328 g/mol. The van der Waals surface area contributed by atoms with Crippen molar-refractivity contribution in [2.45, 2.75) is 17.2 Å². The van der Waals surface area contributed by atoms with Gasteiger partial charge in [0, 0.05) is 7.05 Å². The van der Waals surface area contributed by atoms with Crippen LogP contribution in [0.1, 0.15) is 18.1 Å². The molecule has 0 saturated heterocycles. The summed E-state index contributed by atoms with van der Waals surface area (Å²) in [5.41, 5.74) is 0.788. The molecule has 0 aromatic carbocycles. The van der Waals surface area contributed by atoms with E-state index >= 15 is 0 Å². The highest BCUT2D eigenvalue weighted by molar-refractivity contribution is 7.99. The first-order valence-electron chi connectivity index (χ1n) is 6.89. The lowest BCUT2D eigenvalue weighted by atomic mass is 10.4. The van der Waals surface area contributed by atoms with Crippen molar-refractivity contribution in [3.8, 4) is 11.6 Å². The second-order valence-corrected chi connectivity index (χ2v) is 6.21. The summed E-state index contributed by atoms with van der Waals surface area (Å²) >= 11 is 1.52. The Balaban J connectivity index is 1.61. The largest absolute Gasteiger partial charge is 0.461 e. The Bertz CT molecular complexity index is 945. The Kier molecular flexibility index (Phi) is 3.34. The second kappa shape index (κ2) is 5.51. The Labute approximate surface area is 134 Å². The molecule has 0 spiro atoms. The van der Waals surface area contributed by atoms with E-state index < -0.39 is 0 Å². The minimum absolute atomic E-state index is 0.0653. The van der Waals surface area contributed by atoms with Gasteiger partial charge in [-0.2, -0.15) is 10.1 Å². The molecule has 9 heteroatoms. The van der Waals surface area contributed by atoms with E-state index in [9.17, 15) is 0 Å². The second-order valence-electron chi connectivity index (χ2n) is 4.88. The number of nitrogens with zero attached hydrogens (tertiary/aromatic N) is 6. The summed E-state index contributed by atoms with van der Waals surface area (Å²) in [7, 11) is 1.85. The average Bonchev–Trinajstić information content (AvgIpc) is 3.28. The number of fused-ring (bicyclic) bond motifs is 1. The van der Waals surface area contributed by atoms with Gasteiger partial charge in [-0.1, -0.05) is 16.9 Å². The van der Waals surface area contributed by atoms with E-state index in [1.807, 2.05) is 14.0 Å². The smallest absolute Gasteiger partial charge is 0.240 e. The van der Waals surface area contributed by atoms with Gasteiger partial charge in [0.25, 0.3) is 0 Å². The molecule has 0 amide bonds. The van der Waals surface area contributed by atoms with Gasteiger partial charge in [-0.3, -0.25) is 4.68 Å². The summed E-state index contributed by atoms with van der Waals surface area (Å²) < 4.78 is 12.3. The molecular weight excluding hydrogens is 316 g/mol. The van der Waals surface area contributed by atoms with Crippen molar-refractivity contribution in [1.29, 1.82) is 0 Å². The summed E-state index contributed by atoms with van der Waals surface area (Å²) in [6.07, 6.45) is 4.86. The Morgan fingerprint density at radius 1 is 1.30 bits per heavy atom. The fraction of sp³-hybridized carbons (Fsp3) is 0.214. The zero-order valence-electron chi connectivity index (χ0n) is 12.4. The van der Waals surface area contributed by atoms with Crippen LogP contribution < -0.4 is 0 Å². The van der Waals surface area contributed by atoms with Crippen LogP contribution in [-0.4, -0.2) is 29.9 Å². The van der Waals surface area contributed by atoms with E-state index in [2.05, 4.69) is 25.2 Å². The van der Waals surface area contributed by atoms with Gasteiger partial charge in [0.1, 0.15) is 11.4 Å². The van der Waals surface area contributed by atoms with Crippen LogP contribution >= 0.6 is 11.8 Å². The molecule has 0 saturated carbocycles. The highest BCUT2D eigenvalue weighted by atomic mass is 32.2. The number of rotatable bonds is 4. The number of hydrogen-bond acceptors (Lipinski definition) is 8.